The van der Waals surface area contributed by atoms with Crippen LogP contribution in [0.2, 0.25) is 0 Å². The lowest BCUT2D eigenvalue weighted by molar-refractivity contribution is -0.122. The number of anilines is 1. The van der Waals surface area contributed by atoms with Crippen LogP contribution in [0.4, 0.5) is 5.00 Å². The average Bonchev–Trinajstić information content (AvgIpc) is 3.18. The van der Waals surface area contributed by atoms with Gasteiger partial charge in [-0.2, -0.15) is 0 Å². The van der Waals surface area contributed by atoms with E-state index in [0.717, 1.165) is 33.6 Å². The molecule has 6 nitrogen and oxygen atoms in total. The van der Waals surface area contributed by atoms with E-state index in [4.69, 9.17) is 9.72 Å². The summed E-state index contributed by atoms with van der Waals surface area (Å²) in [5.41, 5.74) is 2.06. The molecule has 0 saturated carbocycles. The molecule has 3 rings (SSSR count). The number of methoxy groups -OCH3 is 1. The molecule has 2 aromatic rings. The van der Waals surface area contributed by atoms with Crippen molar-refractivity contribution in [3.63, 3.8) is 0 Å². The number of fused-ring (bicyclic) bond motifs is 1. The summed E-state index contributed by atoms with van der Waals surface area (Å²) in [5.74, 6) is 0.903. The Bertz CT molecular complexity index is 803. The summed E-state index contributed by atoms with van der Waals surface area (Å²) in [6.07, 6.45) is 0.655. The van der Waals surface area contributed by atoms with Gasteiger partial charge >= 0.3 is 0 Å². The predicted octanol–water partition coefficient (Wildman–Crippen LogP) is 2.64. The number of hydrogen-bond acceptors (Lipinski definition) is 6. The fourth-order valence-electron chi connectivity index (χ4n) is 3.31. The molecule has 1 aromatic carbocycles. The third kappa shape index (κ3) is 4.25. The fourth-order valence-corrected chi connectivity index (χ4v) is 4.59. The van der Waals surface area contributed by atoms with Gasteiger partial charge in [-0.3, -0.25) is 4.79 Å². The van der Waals surface area contributed by atoms with Crippen molar-refractivity contribution in [2.24, 2.45) is 0 Å². The first-order valence-electron chi connectivity index (χ1n) is 9.25. The second-order valence-electron chi connectivity index (χ2n) is 7.32. The van der Waals surface area contributed by atoms with Crippen molar-refractivity contribution in [3.8, 4) is 16.3 Å². The van der Waals surface area contributed by atoms with Crippen molar-refractivity contribution in [2.45, 2.75) is 32.4 Å². The van der Waals surface area contributed by atoms with Crippen LogP contribution in [0.15, 0.2) is 24.3 Å². The first-order chi connectivity index (χ1) is 12.9. The number of hydrogen-bond donors (Lipinski definition) is 1. The number of carbonyl (C=O) groups is 1. The number of thiazole rings is 1. The summed E-state index contributed by atoms with van der Waals surface area (Å²) in [6, 6.07) is 8.00. The largest absolute Gasteiger partial charge is 0.497 e. The van der Waals surface area contributed by atoms with Gasteiger partial charge in [0.25, 0.3) is 0 Å². The number of nitrogens with one attached hydrogen (secondary N) is 1. The van der Waals surface area contributed by atoms with Crippen LogP contribution in [0.5, 0.6) is 5.75 Å². The van der Waals surface area contributed by atoms with E-state index in [2.05, 4.69) is 29.0 Å². The standard InChI is InChI=1S/C20H28N4O2S/c1-13(2)24-17(18(25)21-9-10-23(3)4)12-16-20(24)27-19(22-16)14-7-6-8-15(11-14)26-5/h6-8,11,13,17H,9-10,12H2,1-5H3,(H,21,25)/t17-/m0/s1. The van der Waals surface area contributed by atoms with Gasteiger partial charge in [-0.25, -0.2) is 4.98 Å². The number of nitrogens with zero attached hydrogens (tertiary/aromatic N) is 3. The monoisotopic (exact) mass is 388 g/mol. The van der Waals surface area contributed by atoms with Crippen molar-refractivity contribution in [1.29, 1.82) is 0 Å². The molecule has 0 unspecified atom stereocenters. The van der Waals surface area contributed by atoms with Gasteiger partial charge in [0.1, 0.15) is 21.8 Å². The highest BCUT2D eigenvalue weighted by Gasteiger charge is 2.38. The molecule has 27 heavy (non-hydrogen) atoms. The number of benzene rings is 1. The molecule has 1 atom stereocenters. The number of ether oxygens (including phenoxy) is 1. The molecule has 2 heterocycles. The van der Waals surface area contributed by atoms with Crippen LogP contribution in [0.25, 0.3) is 10.6 Å². The van der Waals surface area contributed by atoms with E-state index >= 15 is 0 Å². The predicted molar refractivity (Wildman–Crippen MR) is 111 cm³/mol. The van der Waals surface area contributed by atoms with Crippen LogP contribution in [0, 0.1) is 0 Å². The minimum absolute atomic E-state index is 0.0821. The molecular weight excluding hydrogens is 360 g/mol. The molecule has 0 aliphatic carbocycles. The topological polar surface area (TPSA) is 57.7 Å². The van der Waals surface area contributed by atoms with Gasteiger partial charge < -0.3 is 19.9 Å². The van der Waals surface area contributed by atoms with Crippen LogP contribution >= 0.6 is 11.3 Å². The van der Waals surface area contributed by atoms with Crippen LogP contribution in [-0.4, -0.2) is 62.2 Å². The van der Waals surface area contributed by atoms with Gasteiger partial charge in [0, 0.05) is 31.1 Å². The van der Waals surface area contributed by atoms with E-state index in [-0.39, 0.29) is 18.0 Å². The minimum Gasteiger partial charge on any atom is -0.497 e. The molecule has 0 saturated heterocycles. The summed E-state index contributed by atoms with van der Waals surface area (Å²) in [4.78, 5) is 21.9. The first kappa shape index (κ1) is 19.6. The van der Waals surface area contributed by atoms with Crippen LogP contribution in [-0.2, 0) is 11.2 Å². The van der Waals surface area contributed by atoms with E-state index in [1.807, 2.05) is 38.4 Å². The van der Waals surface area contributed by atoms with Crippen molar-refractivity contribution < 1.29 is 9.53 Å². The molecule has 1 aliphatic rings. The van der Waals surface area contributed by atoms with Crippen molar-refractivity contribution in [2.75, 3.05) is 39.2 Å². The number of rotatable bonds is 7. The van der Waals surface area contributed by atoms with Crippen molar-refractivity contribution in [3.05, 3.63) is 30.0 Å². The molecule has 0 fully saturated rings. The third-order valence-corrected chi connectivity index (χ3v) is 5.83. The van der Waals surface area contributed by atoms with Crippen LogP contribution in [0.3, 0.4) is 0 Å². The lowest BCUT2D eigenvalue weighted by atomic mass is 10.1. The van der Waals surface area contributed by atoms with Crippen molar-refractivity contribution >= 4 is 22.2 Å². The van der Waals surface area contributed by atoms with E-state index in [0.29, 0.717) is 13.0 Å². The van der Waals surface area contributed by atoms with Crippen LogP contribution < -0.4 is 15.0 Å². The average molecular weight is 389 g/mol. The fraction of sp³-hybridized carbons (Fsp3) is 0.500. The van der Waals surface area contributed by atoms with Gasteiger partial charge in [-0.05, 0) is 40.1 Å². The maximum absolute atomic E-state index is 12.7. The van der Waals surface area contributed by atoms with Gasteiger partial charge in [0.2, 0.25) is 5.91 Å². The highest BCUT2D eigenvalue weighted by atomic mass is 32.1. The highest BCUT2D eigenvalue weighted by Crippen LogP contribution is 2.42. The normalized spacial score (nSPS) is 16.1. The minimum atomic E-state index is -0.180. The molecule has 0 spiro atoms. The lowest BCUT2D eigenvalue weighted by Crippen LogP contribution is -2.49. The second-order valence-corrected chi connectivity index (χ2v) is 8.30. The van der Waals surface area contributed by atoms with Crippen LogP contribution in [0.1, 0.15) is 19.5 Å². The Morgan fingerprint density at radius 3 is 2.89 bits per heavy atom. The summed E-state index contributed by atoms with van der Waals surface area (Å²) in [7, 11) is 5.67. The maximum Gasteiger partial charge on any atom is 0.243 e. The van der Waals surface area contributed by atoms with E-state index in [1.165, 1.54) is 0 Å². The summed E-state index contributed by atoms with van der Waals surface area (Å²) < 4.78 is 5.33. The SMILES string of the molecule is COc1cccc(-c2nc3c(s2)N(C(C)C)[C@H](C(=O)NCCN(C)C)C3)c1. The van der Waals surface area contributed by atoms with Crippen molar-refractivity contribution in [1.82, 2.24) is 15.2 Å². The molecule has 146 valence electrons. The summed E-state index contributed by atoms with van der Waals surface area (Å²) in [6.45, 7) is 5.74. The summed E-state index contributed by atoms with van der Waals surface area (Å²) >= 11 is 1.65. The Morgan fingerprint density at radius 2 is 2.22 bits per heavy atom. The zero-order valence-corrected chi connectivity index (χ0v) is 17.5. The quantitative estimate of drug-likeness (QED) is 0.790. The summed E-state index contributed by atoms with van der Waals surface area (Å²) in [5, 5.41) is 5.14. The smallest absolute Gasteiger partial charge is 0.243 e. The van der Waals surface area contributed by atoms with Gasteiger partial charge in [-0.15, -0.1) is 0 Å². The Kier molecular flexibility index (Phi) is 6.01. The molecule has 1 aliphatic heterocycles. The van der Waals surface area contributed by atoms with Gasteiger partial charge in [0.15, 0.2) is 0 Å². The number of amides is 1. The van der Waals surface area contributed by atoms with Gasteiger partial charge in [-0.1, -0.05) is 23.5 Å². The Balaban J connectivity index is 1.80. The van der Waals surface area contributed by atoms with E-state index in [1.54, 1.807) is 18.4 Å². The zero-order chi connectivity index (χ0) is 19.6. The second kappa shape index (κ2) is 8.27. The molecule has 1 amide bonds. The number of carbonyl (C=O) groups excluding carboxylic acids is 1. The van der Waals surface area contributed by atoms with Gasteiger partial charge in [0.05, 0.1) is 12.8 Å². The Hall–Kier alpha value is -2.12. The van der Waals surface area contributed by atoms with E-state index < -0.39 is 0 Å². The lowest BCUT2D eigenvalue weighted by Gasteiger charge is -2.29. The molecule has 1 N–H and O–H groups in total. The Labute approximate surface area is 165 Å². The highest BCUT2D eigenvalue weighted by molar-refractivity contribution is 7.19. The molecule has 0 radical (unpaired) electrons. The molecular formula is C20H28N4O2S. The molecule has 7 heteroatoms. The first-order valence-corrected chi connectivity index (χ1v) is 10.1. The molecule has 1 aromatic heterocycles. The van der Waals surface area contributed by atoms with E-state index in [9.17, 15) is 4.79 Å². The number of likely N-dealkylation sites (N-methyl/N-ethyl adjacent to an activating group) is 1. The third-order valence-electron chi connectivity index (χ3n) is 4.67. The maximum atomic E-state index is 12.7. The Morgan fingerprint density at radius 1 is 1.44 bits per heavy atom. The molecule has 0 bridgehead atoms. The number of aromatic nitrogens is 1. The zero-order valence-electron chi connectivity index (χ0n) is 16.7.